The van der Waals surface area contributed by atoms with Crippen LogP contribution < -0.4 is 0 Å². The first-order valence-electron chi connectivity index (χ1n) is 5.68. The lowest BCUT2D eigenvalue weighted by molar-refractivity contribution is 0.0344. The Morgan fingerprint density at radius 1 is 1.31 bits per heavy atom. The van der Waals surface area contributed by atoms with Gasteiger partial charge in [-0.25, -0.2) is 4.79 Å². The normalized spacial score (nSPS) is 24.1. The van der Waals surface area contributed by atoms with E-state index in [0.717, 1.165) is 12.8 Å². The van der Waals surface area contributed by atoms with Gasteiger partial charge in [0.25, 0.3) is 0 Å². The van der Waals surface area contributed by atoms with Crippen LogP contribution in [-0.2, 0) is 4.74 Å². The molecule has 1 aromatic carbocycles. The standard InChI is InChI=1S/C14H16O2/c1-11-6-5-9-13(10-11)16-14(15)12-7-3-2-4-8-12/h2-5,7-9,11,13H,6,10H2,1H3/t11-,13+/m1/s1. The number of hydrogen-bond acceptors (Lipinski definition) is 2. The van der Waals surface area contributed by atoms with Crippen molar-refractivity contribution in [2.75, 3.05) is 0 Å². The molecule has 0 aromatic heterocycles. The summed E-state index contributed by atoms with van der Waals surface area (Å²) in [6.07, 6.45) is 6.03. The lowest BCUT2D eigenvalue weighted by Crippen LogP contribution is -2.21. The number of esters is 1. The van der Waals surface area contributed by atoms with Crippen LogP contribution in [0, 0.1) is 5.92 Å². The SMILES string of the molecule is C[C@@H]1CC=C[C@H](OC(=O)c2ccccc2)C1. The van der Waals surface area contributed by atoms with Gasteiger partial charge in [-0.15, -0.1) is 0 Å². The molecule has 2 rings (SSSR count). The fourth-order valence-corrected chi connectivity index (χ4v) is 1.90. The van der Waals surface area contributed by atoms with Crippen molar-refractivity contribution in [1.82, 2.24) is 0 Å². The maximum absolute atomic E-state index is 11.8. The van der Waals surface area contributed by atoms with Crippen LogP contribution in [0.1, 0.15) is 30.1 Å². The minimum absolute atomic E-state index is 0.0588. The van der Waals surface area contributed by atoms with E-state index in [1.807, 2.05) is 24.3 Å². The third-order valence-corrected chi connectivity index (χ3v) is 2.79. The van der Waals surface area contributed by atoms with Crippen molar-refractivity contribution in [1.29, 1.82) is 0 Å². The third-order valence-electron chi connectivity index (χ3n) is 2.79. The summed E-state index contributed by atoms with van der Waals surface area (Å²) in [4.78, 5) is 11.8. The molecule has 0 unspecified atom stereocenters. The number of ether oxygens (including phenoxy) is 1. The Balaban J connectivity index is 1.98. The van der Waals surface area contributed by atoms with Crippen molar-refractivity contribution < 1.29 is 9.53 Å². The lowest BCUT2D eigenvalue weighted by atomic mass is 9.94. The zero-order valence-electron chi connectivity index (χ0n) is 9.43. The molecule has 84 valence electrons. The Kier molecular flexibility index (Phi) is 3.40. The van der Waals surface area contributed by atoms with Crippen molar-refractivity contribution in [2.24, 2.45) is 5.92 Å². The van der Waals surface area contributed by atoms with E-state index in [1.54, 1.807) is 12.1 Å². The summed E-state index contributed by atoms with van der Waals surface area (Å²) in [7, 11) is 0. The van der Waals surface area contributed by atoms with E-state index in [-0.39, 0.29) is 12.1 Å². The molecular formula is C14H16O2. The summed E-state index contributed by atoms with van der Waals surface area (Å²) in [6.45, 7) is 2.17. The molecule has 0 amide bonds. The Morgan fingerprint density at radius 2 is 2.06 bits per heavy atom. The van der Waals surface area contributed by atoms with Gasteiger partial charge in [-0.05, 0) is 37.0 Å². The Hall–Kier alpha value is -1.57. The van der Waals surface area contributed by atoms with Crippen molar-refractivity contribution in [3.63, 3.8) is 0 Å². The third kappa shape index (κ3) is 2.72. The minimum Gasteiger partial charge on any atom is -0.455 e. The zero-order valence-corrected chi connectivity index (χ0v) is 9.43. The summed E-state index contributed by atoms with van der Waals surface area (Å²) in [5.74, 6) is 0.364. The number of benzene rings is 1. The topological polar surface area (TPSA) is 26.3 Å². The second-order valence-electron chi connectivity index (χ2n) is 4.31. The van der Waals surface area contributed by atoms with E-state index in [0.29, 0.717) is 11.5 Å². The first-order chi connectivity index (χ1) is 7.75. The molecule has 0 spiro atoms. The molecule has 2 atom stereocenters. The van der Waals surface area contributed by atoms with Gasteiger partial charge >= 0.3 is 5.97 Å². The quantitative estimate of drug-likeness (QED) is 0.560. The van der Waals surface area contributed by atoms with Crippen molar-refractivity contribution in [3.05, 3.63) is 48.0 Å². The molecule has 0 saturated heterocycles. The van der Waals surface area contributed by atoms with Crippen LogP contribution in [-0.4, -0.2) is 12.1 Å². The molecule has 0 heterocycles. The molecule has 2 nitrogen and oxygen atoms in total. The number of hydrogen-bond donors (Lipinski definition) is 0. The predicted octanol–water partition coefficient (Wildman–Crippen LogP) is 3.20. The molecule has 0 radical (unpaired) electrons. The highest BCUT2D eigenvalue weighted by atomic mass is 16.5. The van der Waals surface area contributed by atoms with E-state index in [9.17, 15) is 4.79 Å². The first-order valence-corrected chi connectivity index (χ1v) is 5.68. The second-order valence-corrected chi connectivity index (χ2v) is 4.31. The van der Waals surface area contributed by atoms with Crippen LogP contribution in [0.25, 0.3) is 0 Å². The summed E-state index contributed by atoms with van der Waals surface area (Å²) >= 11 is 0. The Morgan fingerprint density at radius 3 is 2.75 bits per heavy atom. The van der Waals surface area contributed by atoms with Gasteiger partial charge in [0, 0.05) is 0 Å². The largest absolute Gasteiger partial charge is 0.455 e. The first kappa shape index (κ1) is 10.9. The van der Waals surface area contributed by atoms with Crippen molar-refractivity contribution >= 4 is 5.97 Å². The highest BCUT2D eigenvalue weighted by Crippen LogP contribution is 2.20. The molecule has 0 aliphatic heterocycles. The number of rotatable bonds is 2. The number of carbonyl (C=O) groups excluding carboxylic acids is 1. The fourth-order valence-electron chi connectivity index (χ4n) is 1.90. The molecule has 1 aromatic rings. The summed E-state index contributed by atoms with van der Waals surface area (Å²) in [5, 5.41) is 0. The fraction of sp³-hybridized carbons (Fsp3) is 0.357. The van der Waals surface area contributed by atoms with E-state index < -0.39 is 0 Å². The predicted molar refractivity (Wildman–Crippen MR) is 63.2 cm³/mol. The Labute approximate surface area is 95.9 Å². The van der Waals surface area contributed by atoms with Gasteiger partial charge in [-0.2, -0.15) is 0 Å². The van der Waals surface area contributed by atoms with Crippen molar-refractivity contribution in [3.8, 4) is 0 Å². The molecule has 2 heteroatoms. The zero-order chi connectivity index (χ0) is 11.4. The average molecular weight is 216 g/mol. The molecule has 0 N–H and O–H groups in total. The average Bonchev–Trinajstić information content (AvgIpc) is 2.30. The van der Waals surface area contributed by atoms with Gasteiger partial charge in [0.15, 0.2) is 0 Å². The summed E-state index contributed by atoms with van der Waals surface area (Å²) in [6, 6.07) is 9.13. The second kappa shape index (κ2) is 4.97. The van der Waals surface area contributed by atoms with E-state index in [1.165, 1.54) is 0 Å². The molecule has 1 aliphatic rings. The van der Waals surface area contributed by atoms with Gasteiger partial charge in [-0.1, -0.05) is 31.2 Å². The Bertz CT molecular complexity index is 381. The van der Waals surface area contributed by atoms with Gasteiger partial charge in [-0.3, -0.25) is 0 Å². The van der Waals surface area contributed by atoms with Gasteiger partial charge in [0.2, 0.25) is 0 Å². The van der Waals surface area contributed by atoms with Gasteiger partial charge < -0.3 is 4.74 Å². The molecule has 0 fully saturated rings. The molecule has 0 bridgehead atoms. The minimum atomic E-state index is -0.232. The van der Waals surface area contributed by atoms with E-state index >= 15 is 0 Å². The van der Waals surface area contributed by atoms with Crippen LogP contribution in [0.3, 0.4) is 0 Å². The maximum Gasteiger partial charge on any atom is 0.338 e. The molecule has 1 aliphatic carbocycles. The summed E-state index contributed by atoms with van der Waals surface area (Å²) < 4.78 is 5.42. The van der Waals surface area contributed by atoms with E-state index in [4.69, 9.17) is 4.74 Å². The highest BCUT2D eigenvalue weighted by molar-refractivity contribution is 5.89. The summed E-state index contributed by atoms with van der Waals surface area (Å²) in [5.41, 5.74) is 0.620. The van der Waals surface area contributed by atoms with Gasteiger partial charge in [0.1, 0.15) is 6.10 Å². The maximum atomic E-state index is 11.8. The number of carbonyl (C=O) groups is 1. The van der Waals surface area contributed by atoms with E-state index in [2.05, 4.69) is 13.0 Å². The highest BCUT2D eigenvalue weighted by Gasteiger charge is 2.18. The lowest BCUT2D eigenvalue weighted by Gasteiger charge is -2.21. The van der Waals surface area contributed by atoms with Crippen LogP contribution in [0.4, 0.5) is 0 Å². The smallest absolute Gasteiger partial charge is 0.338 e. The van der Waals surface area contributed by atoms with Crippen LogP contribution in [0.5, 0.6) is 0 Å². The molecular weight excluding hydrogens is 200 g/mol. The van der Waals surface area contributed by atoms with Crippen LogP contribution in [0.2, 0.25) is 0 Å². The van der Waals surface area contributed by atoms with Crippen molar-refractivity contribution in [2.45, 2.75) is 25.9 Å². The number of allylic oxidation sites excluding steroid dienone is 1. The van der Waals surface area contributed by atoms with Gasteiger partial charge in [0.05, 0.1) is 5.56 Å². The molecule has 0 saturated carbocycles. The van der Waals surface area contributed by atoms with Crippen LogP contribution >= 0.6 is 0 Å². The van der Waals surface area contributed by atoms with Crippen LogP contribution in [0.15, 0.2) is 42.5 Å². The monoisotopic (exact) mass is 216 g/mol. The molecule has 16 heavy (non-hydrogen) atoms.